The molecule has 0 saturated carbocycles. The van der Waals surface area contributed by atoms with Crippen molar-refractivity contribution in [3.8, 4) is 0 Å². The van der Waals surface area contributed by atoms with Crippen molar-refractivity contribution >= 4 is 22.6 Å². The highest BCUT2D eigenvalue weighted by molar-refractivity contribution is 14.1. The van der Waals surface area contributed by atoms with Gasteiger partial charge in [0.25, 0.3) is 0 Å². The first kappa shape index (κ1) is 15.0. The van der Waals surface area contributed by atoms with Gasteiger partial charge in [-0.15, -0.1) is 0 Å². The second kappa shape index (κ2) is 6.90. The van der Waals surface area contributed by atoms with E-state index in [1.165, 1.54) is 20.3 Å². The minimum Gasteiger partial charge on any atom is -0.318 e. The van der Waals surface area contributed by atoms with Crippen molar-refractivity contribution in [1.82, 2.24) is 10.2 Å². The molecule has 1 aliphatic rings. The fraction of sp³-hybridized carbons (Fsp3) is 0.333. The van der Waals surface area contributed by atoms with E-state index in [1.807, 2.05) is 7.05 Å². The molecule has 0 spiro atoms. The van der Waals surface area contributed by atoms with Gasteiger partial charge in [-0.1, -0.05) is 36.4 Å². The Morgan fingerprint density at radius 1 is 1.10 bits per heavy atom. The SMILES string of the molecule is CNCC1Cc2ccccc2CN1Cc1ccc(I)cc1. The van der Waals surface area contributed by atoms with E-state index < -0.39 is 0 Å². The van der Waals surface area contributed by atoms with Gasteiger partial charge in [-0.2, -0.15) is 0 Å². The van der Waals surface area contributed by atoms with Gasteiger partial charge in [0.15, 0.2) is 0 Å². The topological polar surface area (TPSA) is 15.3 Å². The molecule has 110 valence electrons. The molecule has 1 atom stereocenters. The van der Waals surface area contributed by atoms with E-state index in [4.69, 9.17) is 0 Å². The lowest BCUT2D eigenvalue weighted by Crippen LogP contribution is -2.45. The summed E-state index contributed by atoms with van der Waals surface area (Å²) in [7, 11) is 2.05. The van der Waals surface area contributed by atoms with Crippen LogP contribution in [0.5, 0.6) is 0 Å². The van der Waals surface area contributed by atoms with Crippen molar-refractivity contribution in [3.05, 3.63) is 68.8 Å². The predicted molar refractivity (Wildman–Crippen MR) is 96.3 cm³/mol. The van der Waals surface area contributed by atoms with E-state index >= 15 is 0 Å². The number of nitrogens with one attached hydrogen (secondary N) is 1. The molecule has 1 N–H and O–H groups in total. The van der Waals surface area contributed by atoms with Gasteiger partial charge in [0.1, 0.15) is 0 Å². The molecule has 2 aromatic rings. The molecule has 0 bridgehead atoms. The van der Waals surface area contributed by atoms with Gasteiger partial charge in [-0.25, -0.2) is 0 Å². The van der Waals surface area contributed by atoms with E-state index in [1.54, 1.807) is 0 Å². The molecular weight excluding hydrogens is 371 g/mol. The Kier molecular flexibility index (Phi) is 4.93. The number of nitrogens with zero attached hydrogens (tertiary/aromatic N) is 1. The zero-order valence-corrected chi connectivity index (χ0v) is 14.5. The average Bonchev–Trinajstić information content (AvgIpc) is 2.50. The minimum atomic E-state index is 0.573. The van der Waals surface area contributed by atoms with Crippen molar-refractivity contribution in [2.24, 2.45) is 0 Å². The van der Waals surface area contributed by atoms with E-state index in [2.05, 4.69) is 81.3 Å². The van der Waals surface area contributed by atoms with Crippen molar-refractivity contribution in [3.63, 3.8) is 0 Å². The van der Waals surface area contributed by atoms with Crippen LogP contribution in [-0.2, 0) is 19.5 Å². The van der Waals surface area contributed by atoms with Gasteiger partial charge >= 0.3 is 0 Å². The van der Waals surface area contributed by atoms with Crippen LogP contribution in [0.4, 0.5) is 0 Å². The number of rotatable bonds is 4. The standard InChI is InChI=1S/C18H21IN2/c1-20-11-18-10-15-4-2-3-5-16(15)13-21(18)12-14-6-8-17(19)9-7-14/h2-9,18,20H,10-13H2,1H3. The van der Waals surface area contributed by atoms with Crippen molar-refractivity contribution in [2.75, 3.05) is 13.6 Å². The highest BCUT2D eigenvalue weighted by Crippen LogP contribution is 2.24. The quantitative estimate of drug-likeness (QED) is 0.803. The van der Waals surface area contributed by atoms with Crippen LogP contribution in [0.3, 0.4) is 0 Å². The minimum absolute atomic E-state index is 0.573. The predicted octanol–water partition coefficient (Wildman–Crippen LogP) is 3.44. The van der Waals surface area contributed by atoms with E-state index in [-0.39, 0.29) is 0 Å². The number of hydrogen-bond acceptors (Lipinski definition) is 2. The maximum absolute atomic E-state index is 3.35. The third-order valence-corrected chi connectivity index (χ3v) is 4.92. The van der Waals surface area contributed by atoms with Gasteiger partial charge in [-0.3, -0.25) is 4.90 Å². The summed E-state index contributed by atoms with van der Waals surface area (Å²) < 4.78 is 1.30. The fourth-order valence-electron chi connectivity index (χ4n) is 3.09. The molecule has 0 amide bonds. The van der Waals surface area contributed by atoms with Crippen LogP contribution >= 0.6 is 22.6 Å². The molecule has 0 aromatic heterocycles. The number of likely N-dealkylation sites (N-methyl/N-ethyl adjacent to an activating group) is 1. The summed E-state index contributed by atoms with van der Waals surface area (Å²) in [6.07, 6.45) is 1.14. The summed E-state index contributed by atoms with van der Waals surface area (Å²) in [6, 6.07) is 18.3. The van der Waals surface area contributed by atoms with Crippen molar-refractivity contribution in [1.29, 1.82) is 0 Å². The summed E-state index contributed by atoms with van der Waals surface area (Å²) in [4.78, 5) is 2.60. The Hall–Kier alpha value is -0.910. The molecule has 21 heavy (non-hydrogen) atoms. The van der Waals surface area contributed by atoms with Crippen LogP contribution in [0.1, 0.15) is 16.7 Å². The molecular formula is C18H21IN2. The average molecular weight is 392 g/mol. The Labute approximate surface area is 140 Å². The number of fused-ring (bicyclic) bond motifs is 1. The van der Waals surface area contributed by atoms with E-state index in [0.29, 0.717) is 6.04 Å². The lowest BCUT2D eigenvalue weighted by atomic mass is 9.93. The maximum atomic E-state index is 3.35. The Morgan fingerprint density at radius 2 is 1.81 bits per heavy atom. The summed E-state index contributed by atoms with van der Waals surface area (Å²) in [5.74, 6) is 0. The highest BCUT2D eigenvalue weighted by atomic mass is 127. The van der Waals surface area contributed by atoms with Crippen LogP contribution < -0.4 is 5.32 Å². The summed E-state index contributed by atoms with van der Waals surface area (Å²) in [5.41, 5.74) is 4.39. The summed E-state index contributed by atoms with van der Waals surface area (Å²) >= 11 is 2.36. The third-order valence-electron chi connectivity index (χ3n) is 4.20. The van der Waals surface area contributed by atoms with Gasteiger partial charge < -0.3 is 5.32 Å². The zero-order chi connectivity index (χ0) is 14.7. The van der Waals surface area contributed by atoms with Gasteiger partial charge in [-0.05, 0) is 64.9 Å². The number of hydrogen-bond donors (Lipinski definition) is 1. The monoisotopic (exact) mass is 392 g/mol. The van der Waals surface area contributed by atoms with E-state index in [0.717, 1.165) is 26.1 Å². The highest BCUT2D eigenvalue weighted by Gasteiger charge is 2.25. The van der Waals surface area contributed by atoms with Crippen LogP contribution in [-0.4, -0.2) is 24.5 Å². The van der Waals surface area contributed by atoms with Crippen molar-refractivity contribution in [2.45, 2.75) is 25.6 Å². The maximum Gasteiger partial charge on any atom is 0.0268 e. The van der Waals surface area contributed by atoms with Gasteiger partial charge in [0, 0.05) is 29.2 Å². The number of benzene rings is 2. The smallest absolute Gasteiger partial charge is 0.0268 e. The van der Waals surface area contributed by atoms with Crippen LogP contribution in [0, 0.1) is 3.57 Å². The Balaban J connectivity index is 1.80. The lowest BCUT2D eigenvalue weighted by Gasteiger charge is -2.37. The fourth-order valence-corrected chi connectivity index (χ4v) is 3.45. The molecule has 0 aliphatic carbocycles. The molecule has 2 nitrogen and oxygen atoms in total. The molecule has 1 unspecified atom stereocenters. The molecule has 1 heterocycles. The summed E-state index contributed by atoms with van der Waals surface area (Å²) in [6.45, 7) is 3.12. The third kappa shape index (κ3) is 3.65. The molecule has 3 rings (SSSR count). The first-order chi connectivity index (χ1) is 10.3. The molecule has 3 heteroatoms. The first-order valence-electron chi connectivity index (χ1n) is 7.46. The molecule has 2 aromatic carbocycles. The van der Waals surface area contributed by atoms with Crippen LogP contribution in [0.2, 0.25) is 0 Å². The van der Waals surface area contributed by atoms with Crippen LogP contribution in [0.25, 0.3) is 0 Å². The number of halogens is 1. The second-order valence-electron chi connectivity index (χ2n) is 5.72. The molecule has 0 radical (unpaired) electrons. The normalized spacial score (nSPS) is 18.5. The Morgan fingerprint density at radius 3 is 2.52 bits per heavy atom. The van der Waals surface area contributed by atoms with Crippen LogP contribution in [0.15, 0.2) is 48.5 Å². The second-order valence-corrected chi connectivity index (χ2v) is 6.96. The van der Waals surface area contributed by atoms with Gasteiger partial charge in [0.2, 0.25) is 0 Å². The summed E-state index contributed by atoms with van der Waals surface area (Å²) in [5, 5.41) is 3.35. The first-order valence-corrected chi connectivity index (χ1v) is 8.54. The van der Waals surface area contributed by atoms with E-state index in [9.17, 15) is 0 Å². The lowest BCUT2D eigenvalue weighted by molar-refractivity contribution is 0.161. The Bertz CT molecular complexity index is 594. The molecule has 0 fully saturated rings. The zero-order valence-electron chi connectivity index (χ0n) is 12.3. The van der Waals surface area contributed by atoms with Gasteiger partial charge in [0.05, 0.1) is 0 Å². The molecule has 1 aliphatic heterocycles. The van der Waals surface area contributed by atoms with Crippen molar-refractivity contribution < 1.29 is 0 Å². The molecule has 0 saturated heterocycles. The largest absolute Gasteiger partial charge is 0.318 e.